The van der Waals surface area contributed by atoms with E-state index < -0.39 is 0 Å². The van der Waals surface area contributed by atoms with E-state index >= 15 is 0 Å². The summed E-state index contributed by atoms with van der Waals surface area (Å²) >= 11 is 1.45. The van der Waals surface area contributed by atoms with Gasteiger partial charge in [0.05, 0.1) is 32.1 Å². The second-order valence-electron chi connectivity index (χ2n) is 6.42. The van der Waals surface area contributed by atoms with Crippen LogP contribution < -0.4 is 14.8 Å². The summed E-state index contributed by atoms with van der Waals surface area (Å²) in [5.74, 6) is 1.73. The summed E-state index contributed by atoms with van der Waals surface area (Å²) in [5.41, 5.74) is 3.22. The summed E-state index contributed by atoms with van der Waals surface area (Å²) in [4.78, 5) is 21.5. The Bertz CT molecular complexity index is 1040. The number of anilines is 1. The smallest absolute Gasteiger partial charge is 0.258 e. The fourth-order valence-corrected chi connectivity index (χ4v) is 3.87. The maximum atomic E-state index is 12.9. The molecule has 2 heterocycles. The third kappa shape index (κ3) is 5.28. The molecule has 0 fully saturated rings. The van der Waals surface area contributed by atoms with Crippen molar-refractivity contribution in [2.24, 2.45) is 0 Å². The molecule has 156 valence electrons. The van der Waals surface area contributed by atoms with Crippen LogP contribution in [0.5, 0.6) is 11.5 Å². The number of aryl methyl sites for hydroxylation is 1. The van der Waals surface area contributed by atoms with Gasteiger partial charge in [0, 0.05) is 35.0 Å². The van der Waals surface area contributed by atoms with Crippen molar-refractivity contribution in [3.8, 4) is 11.5 Å². The normalized spacial score (nSPS) is 10.5. The van der Waals surface area contributed by atoms with Crippen molar-refractivity contribution in [3.63, 3.8) is 0 Å². The Morgan fingerprint density at radius 3 is 2.73 bits per heavy atom. The van der Waals surface area contributed by atoms with Crippen LogP contribution in [0.25, 0.3) is 0 Å². The zero-order valence-corrected chi connectivity index (χ0v) is 17.8. The molecule has 2 aromatic heterocycles. The van der Waals surface area contributed by atoms with Gasteiger partial charge >= 0.3 is 0 Å². The number of rotatable bonds is 8. The third-order valence-corrected chi connectivity index (χ3v) is 5.35. The van der Waals surface area contributed by atoms with E-state index in [-0.39, 0.29) is 12.5 Å². The summed E-state index contributed by atoms with van der Waals surface area (Å²) in [6.45, 7) is 1.62. The van der Waals surface area contributed by atoms with Crippen LogP contribution in [0.15, 0.2) is 53.7 Å². The number of hydrogen-bond acceptors (Lipinski definition) is 7. The van der Waals surface area contributed by atoms with E-state index in [9.17, 15) is 9.90 Å². The van der Waals surface area contributed by atoms with E-state index in [0.29, 0.717) is 44.9 Å². The Balaban J connectivity index is 1.78. The minimum atomic E-state index is -0.276. The molecule has 0 radical (unpaired) electrons. The fourth-order valence-electron chi connectivity index (χ4n) is 2.88. The number of aliphatic hydroxyl groups is 1. The summed E-state index contributed by atoms with van der Waals surface area (Å²) < 4.78 is 10.7. The molecular weight excluding hydrogens is 402 g/mol. The molecule has 0 spiro atoms. The highest BCUT2D eigenvalue weighted by Gasteiger charge is 2.15. The van der Waals surface area contributed by atoms with Crippen molar-refractivity contribution in [3.05, 3.63) is 71.2 Å². The van der Waals surface area contributed by atoms with Crippen LogP contribution in [-0.4, -0.2) is 35.2 Å². The lowest BCUT2D eigenvalue weighted by molar-refractivity contribution is 0.102. The van der Waals surface area contributed by atoms with E-state index in [0.717, 1.165) is 5.56 Å². The molecule has 1 amide bonds. The molecule has 0 saturated heterocycles. The standard InChI is InChI=1S/C22H23N3O4S/c1-14-9-16(10-17(12-26)24-14)25-21(27)19-5-4-8-23-22(19)30-13-15-6-7-18(28-2)11-20(15)29-3/h4-11,26H,12-13H2,1-3H3,(H,24,25,27). The molecule has 30 heavy (non-hydrogen) atoms. The highest BCUT2D eigenvalue weighted by molar-refractivity contribution is 7.98. The third-order valence-electron chi connectivity index (χ3n) is 4.30. The zero-order valence-electron chi connectivity index (χ0n) is 17.0. The number of aliphatic hydroxyl groups excluding tert-OH is 1. The number of aromatic nitrogens is 2. The van der Waals surface area contributed by atoms with Gasteiger partial charge in [0.1, 0.15) is 16.5 Å². The number of pyridine rings is 2. The van der Waals surface area contributed by atoms with Crippen LogP contribution in [0.4, 0.5) is 5.69 Å². The SMILES string of the molecule is COc1ccc(CSc2ncccc2C(=O)Nc2cc(C)nc(CO)c2)c(OC)c1. The van der Waals surface area contributed by atoms with Crippen LogP contribution in [0.1, 0.15) is 27.3 Å². The van der Waals surface area contributed by atoms with E-state index in [1.165, 1.54) is 11.8 Å². The Labute approximate surface area is 179 Å². The fraction of sp³-hybridized carbons (Fsp3) is 0.227. The van der Waals surface area contributed by atoms with Gasteiger partial charge in [-0.2, -0.15) is 0 Å². The number of ether oxygens (including phenoxy) is 2. The molecule has 0 aliphatic carbocycles. The molecule has 1 aromatic carbocycles. The van der Waals surface area contributed by atoms with Gasteiger partial charge in [0.25, 0.3) is 5.91 Å². The number of amides is 1. The summed E-state index contributed by atoms with van der Waals surface area (Å²) in [5, 5.41) is 12.8. The molecule has 0 bridgehead atoms. The van der Waals surface area contributed by atoms with E-state index in [1.807, 2.05) is 25.1 Å². The quantitative estimate of drug-likeness (QED) is 0.530. The first-order valence-corrected chi connectivity index (χ1v) is 10.2. The van der Waals surface area contributed by atoms with Crippen LogP contribution in [-0.2, 0) is 12.4 Å². The van der Waals surface area contributed by atoms with Gasteiger partial charge in [0.15, 0.2) is 0 Å². The second kappa shape index (κ2) is 10.1. The lowest BCUT2D eigenvalue weighted by atomic mass is 10.2. The minimum absolute atomic E-state index is 0.192. The average molecular weight is 426 g/mol. The van der Waals surface area contributed by atoms with Gasteiger partial charge in [-0.3, -0.25) is 9.78 Å². The van der Waals surface area contributed by atoms with E-state index in [4.69, 9.17) is 9.47 Å². The molecule has 0 atom stereocenters. The maximum Gasteiger partial charge on any atom is 0.258 e. The molecule has 0 aliphatic heterocycles. The molecule has 7 nitrogen and oxygen atoms in total. The number of methoxy groups -OCH3 is 2. The zero-order chi connectivity index (χ0) is 21.5. The number of nitrogens with one attached hydrogen (secondary N) is 1. The number of thioether (sulfide) groups is 1. The van der Waals surface area contributed by atoms with E-state index in [2.05, 4.69) is 15.3 Å². The predicted molar refractivity (Wildman–Crippen MR) is 116 cm³/mol. The number of nitrogens with zero attached hydrogens (tertiary/aromatic N) is 2. The first-order valence-electron chi connectivity index (χ1n) is 9.22. The largest absolute Gasteiger partial charge is 0.497 e. The predicted octanol–water partition coefficient (Wildman–Crippen LogP) is 3.84. The number of hydrogen-bond donors (Lipinski definition) is 2. The van der Waals surface area contributed by atoms with E-state index in [1.54, 1.807) is 44.7 Å². The van der Waals surface area contributed by atoms with Crippen molar-refractivity contribution in [2.75, 3.05) is 19.5 Å². The van der Waals surface area contributed by atoms with Gasteiger partial charge in [-0.25, -0.2) is 4.98 Å². The first-order chi connectivity index (χ1) is 14.5. The Hall–Kier alpha value is -3.10. The number of carbonyl (C=O) groups is 1. The van der Waals surface area contributed by atoms with Gasteiger partial charge in [-0.1, -0.05) is 6.07 Å². The van der Waals surface area contributed by atoms with Crippen LogP contribution in [0, 0.1) is 6.92 Å². The average Bonchev–Trinajstić information content (AvgIpc) is 2.77. The molecule has 3 aromatic rings. The van der Waals surface area contributed by atoms with Gasteiger partial charge in [0.2, 0.25) is 0 Å². The maximum absolute atomic E-state index is 12.9. The topological polar surface area (TPSA) is 93.6 Å². The van der Waals surface area contributed by atoms with Crippen molar-refractivity contribution in [1.82, 2.24) is 9.97 Å². The second-order valence-corrected chi connectivity index (χ2v) is 7.39. The van der Waals surface area contributed by atoms with Crippen molar-refractivity contribution in [1.29, 1.82) is 0 Å². The summed E-state index contributed by atoms with van der Waals surface area (Å²) in [7, 11) is 3.22. The van der Waals surface area contributed by atoms with Gasteiger partial charge in [-0.05, 0) is 37.3 Å². The monoisotopic (exact) mass is 425 g/mol. The minimum Gasteiger partial charge on any atom is -0.497 e. The van der Waals surface area contributed by atoms with Crippen molar-refractivity contribution >= 4 is 23.4 Å². The van der Waals surface area contributed by atoms with Crippen LogP contribution >= 0.6 is 11.8 Å². The molecular formula is C22H23N3O4S. The molecule has 0 aliphatic rings. The van der Waals surface area contributed by atoms with Crippen molar-refractivity contribution < 1.29 is 19.4 Å². The number of carbonyl (C=O) groups excluding carboxylic acids is 1. The Kier molecular flexibility index (Phi) is 7.26. The molecule has 0 unspecified atom stereocenters. The van der Waals surface area contributed by atoms with Gasteiger partial charge in [-0.15, -0.1) is 11.8 Å². The summed E-state index contributed by atoms with van der Waals surface area (Å²) in [6, 6.07) is 12.5. The number of benzene rings is 1. The molecule has 8 heteroatoms. The van der Waals surface area contributed by atoms with Crippen LogP contribution in [0.2, 0.25) is 0 Å². The lowest BCUT2D eigenvalue weighted by Gasteiger charge is -2.12. The van der Waals surface area contributed by atoms with Crippen LogP contribution in [0.3, 0.4) is 0 Å². The highest BCUT2D eigenvalue weighted by atomic mass is 32.2. The van der Waals surface area contributed by atoms with Crippen molar-refractivity contribution in [2.45, 2.75) is 24.3 Å². The molecule has 3 rings (SSSR count). The Morgan fingerprint density at radius 2 is 2.00 bits per heavy atom. The molecule has 2 N–H and O–H groups in total. The van der Waals surface area contributed by atoms with Gasteiger partial charge < -0.3 is 19.9 Å². The summed E-state index contributed by atoms with van der Waals surface area (Å²) in [6.07, 6.45) is 1.66. The highest BCUT2D eigenvalue weighted by Crippen LogP contribution is 2.31. The molecule has 0 saturated carbocycles. The lowest BCUT2D eigenvalue weighted by Crippen LogP contribution is -2.14. The first kappa shape index (κ1) is 21.6. The Morgan fingerprint density at radius 1 is 1.17 bits per heavy atom.